The zero-order valence-corrected chi connectivity index (χ0v) is 11.2. The summed E-state index contributed by atoms with van der Waals surface area (Å²) in [5.41, 5.74) is 0. The molecule has 0 aromatic heterocycles. The van der Waals surface area contributed by atoms with E-state index in [1.54, 1.807) is 0 Å². The Balaban J connectivity index is 2.27. The molecule has 0 spiro atoms. The zero-order chi connectivity index (χ0) is 12.0. The summed E-state index contributed by atoms with van der Waals surface area (Å²) in [5.74, 6) is 1.51. The number of rotatable bonds is 5. The smallest absolute Gasteiger partial charge is 0.222 e. The maximum absolute atomic E-state index is 11.9. The van der Waals surface area contributed by atoms with E-state index in [0.717, 1.165) is 39.1 Å². The number of carbonyl (C=O) groups excluding carboxylic acids is 1. The third-order valence-electron chi connectivity index (χ3n) is 3.35. The van der Waals surface area contributed by atoms with Gasteiger partial charge in [-0.2, -0.15) is 0 Å². The van der Waals surface area contributed by atoms with Gasteiger partial charge in [0.2, 0.25) is 5.91 Å². The largest absolute Gasteiger partial charge is 0.340 e. The van der Waals surface area contributed by atoms with Gasteiger partial charge in [-0.1, -0.05) is 20.3 Å². The Morgan fingerprint density at radius 1 is 1.31 bits per heavy atom. The number of alkyl halides is 1. The number of piperazine rings is 1. The highest BCUT2D eigenvalue weighted by Gasteiger charge is 2.21. The molecule has 1 heterocycles. The number of nitrogens with zero attached hydrogens (tertiary/aromatic N) is 2. The summed E-state index contributed by atoms with van der Waals surface area (Å²) in [5, 5.41) is 0. The first-order chi connectivity index (χ1) is 7.67. The number of hydrogen-bond donors (Lipinski definition) is 0. The lowest BCUT2D eigenvalue weighted by Crippen LogP contribution is -2.49. The van der Waals surface area contributed by atoms with Gasteiger partial charge in [0.15, 0.2) is 0 Å². The number of halogens is 1. The van der Waals surface area contributed by atoms with Gasteiger partial charge < -0.3 is 4.90 Å². The van der Waals surface area contributed by atoms with Crippen molar-refractivity contribution in [2.45, 2.75) is 26.7 Å². The Labute approximate surface area is 104 Å². The lowest BCUT2D eigenvalue weighted by atomic mass is 10.0. The predicted octanol–water partition coefficient (Wildman–Crippen LogP) is 1.81. The van der Waals surface area contributed by atoms with Crippen LogP contribution >= 0.6 is 11.6 Å². The van der Waals surface area contributed by atoms with Crippen molar-refractivity contribution >= 4 is 17.5 Å². The van der Waals surface area contributed by atoms with E-state index in [4.69, 9.17) is 11.6 Å². The molecular formula is C12H23ClN2O. The molecule has 1 unspecified atom stereocenters. The van der Waals surface area contributed by atoms with E-state index in [-0.39, 0.29) is 0 Å². The third-order valence-corrected chi connectivity index (χ3v) is 3.51. The monoisotopic (exact) mass is 246 g/mol. The quantitative estimate of drug-likeness (QED) is 0.691. The van der Waals surface area contributed by atoms with Crippen molar-refractivity contribution in [1.29, 1.82) is 0 Å². The summed E-state index contributed by atoms with van der Waals surface area (Å²) < 4.78 is 0. The van der Waals surface area contributed by atoms with Crippen molar-refractivity contribution in [2.75, 3.05) is 38.6 Å². The lowest BCUT2D eigenvalue weighted by Gasteiger charge is -2.34. The van der Waals surface area contributed by atoms with Gasteiger partial charge in [0.25, 0.3) is 0 Å². The van der Waals surface area contributed by atoms with Crippen LogP contribution in [-0.2, 0) is 4.79 Å². The topological polar surface area (TPSA) is 23.6 Å². The molecule has 0 bridgehead atoms. The fourth-order valence-corrected chi connectivity index (χ4v) is 2.15. The lowest BCUT2D eigenvalue weighted by molar-refractivity contribution is -0.133. The maximum Gasteiger partial charge on any atom is 0.222 e. The standard InChI is InChI=1S/C12H23ClN2O/c1-3-11(2)10-12(16)15-8-6-14(5-4-13)7-9-15/h11H,3-10H2,1-2H3. The fraction of sp³-hybridized carbons (Fsp3) is 0.917. The van der Waals surface area contributed by atoms with Gasteiger partial charge in [0.05, 0.1) is 0 Å². The van der Waals surface area contributed by atoms with Gasteiger partial charge in [0.1, 0.15) is 0 Å². The average molecular weight is 247 g/mol. The van der Waals surface area contributed by atoms with E-state index in [9.17, 15) is 4.79 Å². The van der Waals surface area contributed by atoms with Crippen LogP contribution in [0.5, 0.6) is 0 Å². The minimum Gasteiger partial charge on any atom is -0.340 e. The molecule has 1 saturated heterocycles. The maximum atomic E-state index is 11.9. The Hall–Kier alpha value is -0.280. The van der Waals surface area contributed by atoms with Crippen LogP contribution in [0.1, 0.15) is 26.7 Å². The van der Waals surface area contributed by atoms with Gasteiger partial charge >= 0.3 is 0 Å². The van der Waals surface area contributed by atoms with Crippen molar-refractivity contribution in [3.8, 4) is 0 Å². The first-order valence-corrected chi connectivity index (χ1v) is 6.77. The summed E-state index contributed by atoms with van der Waals surface area (Å²) in [4.78, 5) is 16.2. The Bertz CT molecular complexity index is 215. The summed E-state index contributed by atoms with van der Waals surface area (Å²) >= 11 is 5.70. The van der Waals surface area contributed by atoms with E-state index < -0.39 is 0 Å². The molecule has 1 fully saturated rings. The van der Waals surface area contributed by atoms with Crippen LogP contribution in [0.3, 0.4) is 0 Å². The molecule has 94 valence electrons. The Morgan fingerprint density at radius 3 is 2.44 bits per heavy atom. The molecule has 0 N–H and O–H groups in total. The van der Waals surface area contributed by atoms with Crippen LogP contribution in [0.15, 0.2) is 0 Å². The fourth-order valence-electron chi connectivity index (χ4n) is 1.91. The molecule has 1 aliphatic heterocycles. The van der Waals surface area contributed by atoms with Crippen LogP contribution in [-0.4, -0.2) is 54.3 Å². The highest BCUT2D eigenvalue weighted by Crippen LogP contribution is 2.11. The van der Waals surface area contributed by atoms with Crippen LogP contribution in [0.4, 0.5) is 0 Å². The Morgan fingerprint density at radius 2 is 1.94 bits per heavy atom. The van der Waals surface area contributed by atoms with Crippen LogP contribution in [0, 0.1) is 5.92 Å². The summed E-state index contributed by atoms with van der Waals surface area (Å²) in [6.45, 7) is 8.89. The summed E-state index contributed by atoms with van der Waals surface area (Å²) in [6, 6.07) is 0. The molecule has 0 aromatic rings. The second kappa shape index (κ2) is 7.13. The molecule has 1 atom stereocenters. The van der Waals surface area contributed by atoms with Gasteiger partial charge in [0, 0.05) is 45.0 Å². The first kappa shape index (κ1) is 13.8. The normalized spacial score (nSPS) is 19.8. The van der Waals surface area contributed by atoms with E-state index in [0.29, 0.717) is 24.1 Å². The zero-order valence-electron chi connectivity index (χ0n) is 10.4. The first-order valence-electron chi connectivity index (χ1n) is 6.23. The van der Waals surface area contributed by atoms with E-state index in [1.165, 1.54) is 0 Å². The van der Waals surface area contributed by atoms with E-state index in [1.807, 2.05) is 4.90 Å². The molecule has 0 saturated carbocycles. The van der Waals surface area contributed by atoms with Gasteiger partial charge in [-0.15, -0.1) is 11.6 Å². The average Bonchev–Trinajstić information content (AvgIpc) is 2.30. The number of hydrogen-bond acceptors (Lipinski definition) is 2. The molecule has 1 rings (SSSR count). The second-order valence-electron chi connectivity index (χ2n) is 4.63. The molecule has 0 aliphatic carbocycles. The highest BCUT2D eigenvalue weighted by molar-refractivity contribution is 6.18. The van der Waals surface area contributed by atoms with E-state index >= 15 is 0 Å². The van der Waals surface area contributed by atoms with Crippen molar-refractivity contribution < 1.29 is 4.79 Å². The Kier molecular flexibility index (Phi) is 6.14. The molecule has 1 amide bonds. The summed E-state index contributed by atoms with van der Waals surface area (Å²) in [7, 11) is 0. The van der Waals surface area contributed by atoms with Crippen molar-refractivity contribution in [3.05, 3.63) is 0 Å². The molecule has 3 nitrogen and oxygen atoms in total. The van der Waals surface area contributed by atoms with Gasteiger partial charge in [-0.3, -0.25) is 9.69 Å². The van der Waals surface area contributed by atoms with Crippen molar-refractivity contribution in [1.82, 2.24) is 9.80 Å². The number of amides is 1. The number of carbonyl (C=O) groups is 1. The molecule has 1 aliphatic rings. The summed E-state index contributed by atoms with van der Waals surface area (Å²) in [6.07, 6.45) is 1.78. The predicted molar refractivity (Wildman–Crippen MR) is 67.8 cm³/mol. The molecule has 0 radical (unpaired) electrons. The van der Waals surface area contributed by atoms with Gasteiger partial charge in [-0.25, -0.2) is 0 Å². The molecule has 16 heavy (non-hydrogen) atoms. The SMILES string of the molecule is CCC(C)CC(=O)N1CCN(CCCl)CC1. The molecular weight excluding hydrogens is 224 g/mol. The second-order valence-corrected chi connectivity index (χ2v) is 5.01. The minimum absolute atomic E-state index is 0.319. The van der Waals surface area contributed by atoms with E-state index in [2.05, 4.69) is 18.7 Å². The van der Waals surface area contributed by atoms with Crippen LogP contribution in [0.2, 0.25) is 0 Å². The van der Waals surface area contributed by atoms with Crippen molar-refractivity contribution in [2.24, 2.45) is 5.92 Å². The van der Waals surface area contributed by atoms with Crippen LogP contribution < -0.4 is 0 Å². The molecule has 4 heteroatoms. The minimum atomic E-state index is 0.319. The van der Waals surface area contributed by atoms with Gasteiger partial charge in [-0.05, 0) is 5.92 Å². The highest BCUT2D eigenvalue weighted by atomic mass is 35.5. The van der Waals surface area contributed by atoms with Crippen LogP contribution in [0.25, 0.3) is 0 Å². The third kappa shape index (κ3) is 4.30. The molecule has 0 aromatic carbocycles. The van der Waals surface area contributed by atoms with Crippen molar-refractivity contribution in [3.63, 3.8) is 0 Å².